The van der Waals surface area contributed by atoms with Crippen molar-refractivity contribution in [2.45, 2.75) is 13.5 Å². The van der Waals surface area contributed by atoms with E-state index < -0.39 is 5.82 Å². The van der Waals surface area contributed by atoms with Gasteiger partial charge >= 0.3 is 0 Å². The van der Waals surface area contributed by atoms with Gasteiger partial charge in [-0.25, -0.2) is 9.38 Å². The normalized spacial score (nSPS) is 10.9. The van der Waals surface area contributed by atoms with E-state index in [2.05, 4.69) is 31.6 Å². The van der Waals surface area contributed by atoms with Gasteiger partial charge in [-0.1, -0.05) is 6.07 Å². The first kappa shape index (κ1) is 23.4. The molecule has 2 N–H and O–H groups in total. The quantitative estimate of drug-likeness (QED) is 0.328. The summed E-state index contributed by atoms with van der Waals surface area (Å²) in [4.78, 5) is 18.4. The Hall–Kier alpha value is -1.62. The van der Waals surface area contributed by atoms with Gasteiger partial charge in [-0.15, -0.1) is 24.0 Å². The van der Waals surface area contributed by atoms with Crippen LogP contribution in [0.1, 0.15) is 12.6 Å². The Labute approximate surface area is 184 Å². The number of hydrogen-bond donors (Lipinski definition) is 2. The zero-order valence-electron chi connectivity index (χ0n) is 15.5. The number of nitrogens with one attached hydrogen (secondary N) is 2. The third-order valence-corrected chi connectivity index (χ3v) is 4.08. The van der Waals surface area contributed by atoms with Gasteiger partial charge in [0.15, 0.2) is 5.96 Å². The molecule has 9 heteroatoms. The summed E-state index contributed by atoms with van der Waals surface area (Å²) in [7, 11) is 3.89. The number of anilines is 1. The predicted molar refractivity (Wildman–Crippen MR) is 121 cm³/mol. The number of guanidine groups is 1. The van der Waals surface area contributed by atoms with Crippen molar-refractivity contribution < 1.29 is 9.18 Å². The zero-order valence-corrected chi connectivity index (χ0v) is 19.4. The van der Waals surface area contributed by atoms with E-state index in [1.165, 1.54) is 12.1 Å². The summed E-state index contributed by atoms with van der Waals surface area (Å²) in [5, 5.41) is 5.81. The number of aryl methyl sites for hydroxylation is 1. The van der Waals surface area contributed by atoms with Crippen LogP contribution < -0.4 is 10.6 Å². The SMILES string of the molecule is CCNC(=NCC(=O)Nc1cccc(F)c1)N(C)Cc1cc(Br)cn1C.I. The molecule has 0 fully saturated rings. The molecule has 0 atom stereocenters. The molecule has 2 aromatic rings. The topological polar surface area (TPSA) is 61.7 Å². The minimum Gasteiger partial charge on any atom is -0.357 e. The average molecular weight is 552 g/mol. The van der Waals surface area contributed by atoms with Crippen LogP contribution in [-0.4, -0.2) is 41.5 Å². The number of aromatic nitrogens is 1. The third-order valence-electron chi connectivity index (χ3n) is 3.65. The minimum atomic E-state index is -0.395. The number of rotatable bonds is 6. The number of nitrogens with zero attached hydrogens (tertiary/aromatic N) is 3. The zero-order chi connectivity index (χ0) is 19.1. The Morgan fingerprint density at radius 1 is 1.37 bits per heavy atom. The lowest BCUT2D eigenvalue weighted by atomic mass is 10.3. The molecule has 0 unspecified atom stereocenters. The van der Waals surface area contributed by atoms with Crippen molar-refractivity contribution in [3.05, 3.63) is 52.5 Å². The fraction of sp³-hybridized carbons (Fsp3) is 0.333. The molecule has 0 spiro atoms. The van der Waals surface area contributed by atoms with Gasteiger partial charge in [0.1, 0.15) is 12.4 Å². The first-order valence-corrected chi connectivity index (χ1v) is 9.04. The Morgan fingerprint density at radius 2 is 2.11 bits per heavy atom. The lowest BCUT2D eigenvalue weighted by Crippen LogP contribution is -2.39. The van der Waals surface area contributed by atoms with Gasteiger partial charge in [-0.05, 0) is 47.1 Å². The van der Waals surface area contributed by atoms with E-state index in [9.17, 15) is 9.18 Å². The van der Waals surface area contributed by atoms with Gasteiger partial charge in [0.05, 0.1) is 6.54 Å². The summed E-state index contributed by atoms with van der Waals surface area (Å²) in [5.74, 6) is -0.0756. The summed E-state index contributed by atoms with van der Waals surface area (Å²) in [6.07, 6.45) is 1.99. The molecule has 1 amide bonds. The van der Waals surface area contributed by atoms with Crippen molar-refractivity contribution in [3.8, 4) is 0 Å². The number of amides is 1. The maximum atomic E-state index is 13.2. The van der Waals surface area contributed by atoms with Crippen molar-refractivity contribution in [1.82, 2.24) is 14.8 Å². The molecular weight excluding hydrogens is 528 g/mol. The first-order chi connectivity index (χ1) is 12.4. The molecule has 148 valence electrons. The highest BCUT2D eigenvalue weighted by atomic mass is 127. The van der Waals surface area contributed by atoms with Crippen LogP contribution in [-0.2, 0) is 18.4 Å². The van der Waals surface area contributed by atoms with Gasteiger partial charge in [-0.3, -0.25) is 4.79 Å². The van der Waals surface area contributed by atoms with Crippen LogP contribution in [0.2, 0.25) is 0 Å². The standard InChI is InChI=1S/C18H23BrFN5O.HI/c1-4-21-18(25(3)12-16-8-13(19)11-24(16)2)22-10-17(26)23-15-7-5-6-14(20)9-15;/h5-9,11H,4,10,12H2,1-3H3,(H,21,22)(H,23,26);1H. The van der Waals surface area contributed by atoms with Crippen LogP contribution in [0.15, 0.2) is 46.0 Å². The van der Waals surface area contributed by atoms with Crippen molar-refractivity contribution >= 4 is 57.5 Å². The monoisotopic (exact) mass is 551 g/mol. The summed E-state index contributed by atoms with van der Waals surface area (Å²) in [6.45, 7) is 3.24. The largest absolute Gasteiger partial charge is 0.357 e. The maximum absolute atomic E-state index is 13.2. The smallest absolute Gasteiger partial charge is 0.246 e. The van der Waals surface area contributed by atoms with E-state index in [1.54, 1.807) is 12.1 Å². The summed E-state index contributed by atoms with van der Waals surface area (Å²) < 4.78 is 16.2. The minimum absolute atomic E-state index is 0. The molecule has 0 saturated carbocycles. The van der Waals surface area contributed by atoms with Crippen LogP contribution in [0, 0.1) is 5.82 Å². The molecule has 1 aromatic heterocycles. The Kier molecular flexibility index (Phi) is 9.78. The maximum Gasteiger partial charge on any atom is 0.246 e. The van der Waals surface area contributed by atoms with Crippen LogP contribution >= 0.6 is 39.9 Å². The fourth-order valence-corrected chi connectivity index (χ4v) is 3.00. The van der Waals surface area contributed by atoms with E-state index in [1.807, 2.05) is 42.7 Å². The van der Waals surface area contributed by atoms with Crippen molar-refractivity contribution in [3.63, 3.8) is 0 Å². The van der Waals surface area contributed by atoms with Gasteiger partial charge in [0, 0.05) is 42.7 Å². The van der Waals surface area contributed by atoms with Gasteiger partial charge in [0.25, 0.3) is 0 Å². The summed E-state index contributed by atoms with van der Waals surface area (Å²) in [5.41, 5.74) is 1.52. The molecule has 1 aromatic carbocycles. The first-order valence-electron chi connectivity index (χ1n) is 8.24. The molecular formula is C18H24BrFIN5O. The van der Waals surface area contributed by atoms with E-state index >= 15 is 0 Å². The van der Waals surface area contributed by atoms with Crippen molar-refractivity contribution in [2.75, 3.05) is 25.5 Å². The number of hydrogen-bond acceptors (Lipinski definition) is 2. The molecule has 27 heavy (non-hydrogen) atoms. The molecule has 1 heterocycles. The van der Waals surface area contributed by atoms with Crippen LogP contribution in [0.5, 0.6) is 0 Å². The second-order valence-corrected chi connectivity index (χ2v) is 6.76. The number of carbonyl (C=O) groups excluding carboxylic acids is 1. The number of halogens is 3. The Balaban J connectivity index is 0.00000364. The summed E-state index contributed by atoms with van der Waals surface area (Å²) in [6, 6.07) is 7.82. The molecule has 0 aliphatic heterocycles. The van der Waals surface area contributed by atoms with Crippen molar-refractivity contribution in [1.29, 1.82) is 0 Å². The second-order valence-electron chi connectivity index (χ2n) is 5.85. The van der Waals surface area contributed by atoms with E-state index in [-0.39, 0.29) is 36.4 Å². The third kappa shape index (κ3) is 7.49. The van der Waals surface area contributed by atoms with Crippen LogP contribution in [0.25, 0.3) is 0 Å². The molecule has 0 radical (unpaired) electrons. The van der Waals surface area contributed by atoms with Crippen LogP contribution in [0.3, 0.4) is 0 Å². The summed E-state index contributed by atoms with van der Waals surface area (Å²) >= 11 is 3.46. The lowest BCUT2D eigenvalue weighted by molar-refractivity contribution is -0.114. The van der Waals surface area contributed by atoms with Crippen LogP contribution in [0.4, 0.5) is 10.1 Å². The van der Waals surface area contributed by atoms with Crippen molar-refractivity contribution in [2.24, 2.45) is 12.0 Å². The molecule has 2 rings (SSSR count). The second kappa shape index (κ2) is 11.3. The number of carbonyl (C=O) groups is 1. The number of aliphatic imine (C=N–C) groups is 1. The van der Waals surface area contributed by atoms with Gasteiger partial charge < -0.3 is 20.1 Å². The molecule has 0 bridgehead atoms. The van der Waals surface area contributed by atoms with Gasteiger partial charge in [0.2, 0.25) is 5.91 Å². The Bertz CT molecular complexity index is 796. The van der Waals surface area contributed by atoms with E-state index in [0.29, 0.717) is 24.7 Å². The highest BCUT2D eigenvalue weighted by Gasteiger charge is 2.11. The molecule has 0 saturated heterocycles. The Morgan fingerprint density at radius 3 is 2.70 bits per heavy atom. The average Bonchev–Trinajstić information content (AvgIpc) is 2.88. The highest BCUT2D eigenvalue weighted by Crippen LogP contribution is 2.15. The molecule has 6 nitrogen and oxygen atoms in total. The van der Waals surface area contributed by atoms with Gasteiger partial charge in [-0.2, -0.15) is 0 Å². The van der Waals surface area contributed by atoms with E-state index in [0.717, 1.165) is 10.2 Å². The fourth-order valence-electron chi connectivity index (χ4n) is 2.42. The van der Waals surface area contributed by atoms with E-state index in [4.69, 9.17) is 0 Å². The predicted octanol–water partition coefficient (Wildman–Crippen LogP) is 3.58. The number of benzene rings is 1. The lowest BCUT2D eigenvalue weighted by Gasteiger charge is -2.22. The molecule has 0 aliphatic carbocycles. The highest BCUT2D eigenvalue weighted by molar-refractivity contribution is 14.0. The molecule has 0 aliphatic rings.